The van der Waals surface area contributed by atoms with Crippen molar-refractivity contribution in [2.45, 2.75) is 12.6 Å². The van der Waals surface area contributed by atoms with Gasteiger partial charge in [-0.1, -0.05) is 66.7 Å². The Morgan fingerprint density at radius 1 is 1.11 bits per heavy atom. The van der Waals surface area contributed by atoms with Crippen LogP contribution < -0.4 is 0 Å². The lowest BCUT2D eigenvalue weighted by molar-refractivity contribution is -0.154. The van der Waals surface area contributed by atoms with Gasteiger partial charge in [0, 0.05) is 37.6 Å². The summed E-state index contributed by atoms with van der Waals surface area (Å²) >= 11 is 0. The lowest BCUT2D eigenvalue weighted by Gasteiger charge is -2.52. The van der Waals surface area contributed by atoms with Crippen LogP contribution in [0.25, 0.3) is 5.57 Å². The van der Waals surface area contributed by atoms with Gasteiger partial charge in [0.25, 0.3) is 0 Å². The molecule has 27 heavy (non-hydrogen) atoms. The van der Waals surface area contributed by atoms with Crippen LogP contribution >= 0.6 is 0 Å². The van der Waals surface area contributed by atoms with Crippen LogP contribution in [0.1, 0.15) is 11.1 Å². The zero-order valence-electron chi connectivity index (χ0n) is 15.5. The Hall–Kier alpha value is -2.43. The van der Waals surface area contributed by atoms with Crippen LogP contribution in [0.15, 0.2) is 66.7 Å². The van der Waals surface area contributed by atoms with E-state index in [9.17, 15) is 9.90 Å². The fourth-order valence-electron chi connectivity index (χ4n) is 4.77. The molecule has 0 spiro atoms. The number of rotatable bonds is 5. The zero-order valence-corrected chi connectivity index (χ0v) is 15.5. The number of carbonyl (C=O) groups excluding carboxylic acids is 1. The van der Waals surface area contributed by atoms with E-state index in [0.29, 0.717) is 0 Å². The molecule has 1 N–H and O–H groups in total. The molecule has 1 saturated heterocycles. The second kappa shape index (κ2) is 7.67. The van der Waals surface area contributed by atoms with E-state index in [-0.39, 0.29) is 36.4 Å². The molecule has 0 aromatic heterocycles. The van der Waals surface area contributed by atoms with Crippen LogP contribution in [0.5, 0.6) is 0 Å². The Labute approximate surface area is 160 Å². The number of aliphatic hydroxyl groups excluding tert-OH is 1. The third-order valence-corrected chi connectivity index (χ3v) is 5.90. The highest BCUT2D eigenvalue weighted by Gasteiger charge is 2.51. The standard InChI is InChI=1S/C23H25NO3/c1-27-23(26)21-18-12-19(17-10-6-3-7-11-17)22(20(21)15-25)24(14-18)13-16-8-4-2-5-9-16/h2-12,18,20-22,25H,13-15H2,1H3/t18-,20+,21-,22-/m0/s1. The first-order valence-corrected chi connectivity index (χ1v) is 9.46. The lowest BCUT2D eigenvalue weighted by Crippen LogP contribution is -2.59. The predicted molar refractivity (Wildman–Crippen MR) is 105 cm³/mol. The smallest absolute Gasteiger partial charge is 0.309 e. The molecule has 140 valence electrons. The second-order valence-corrected chi connectivity index (χ2v) is 7.41. The molecule has 2 heterocycles. The third kappa shape index (κ3) is 3.31. The minimum Gasteiger partial charge on any atom is -0.469 e. The van der Waals surface area contributed by atoms with E-state index in [4.69, 9.17) is 4.74 Å². The highest BCUT2D eigenvalue weighted by atomic mass is 16.5. The summed E-state index contributed by atoms with van der Waals surface area (Å²) in [5.74, 6) is -0.630. The van der Waals surface area contributed by atoms with Gasteiger partial charge >= 0.3 is 5.97 Å². The topological polar surface area (TPSA) is 49.8 Å². The molecule has 4 nitrogen and oxygen atoms in total. The highest BCUT2D eigenvalue weighted by Crippen LogP contribution is 2.46. The van der Waals surface area contributed by atoms with Crippen molar-refractivity contribution in [1.82, 2.24) is 4.90 Å². The van der Waals surface area contributed by atoms with Gasteiger partial charge in [-0.2, -0.15) is 0 Å². The van der Waals surface area contributed by atoms with Crippen molar-refractivity contribution in [3.05, 3.63) is 77.9 Å². The zero-order chi connectivity index (χ0) is 18.8. The Balaban J connectivity index is 1.73. The Morgan fingerprint density at radius 3 is 2.41 bits per heavy atom. The van der Waals surface area contributed by atoms with Gasteiger partial charge in [-0.05, 0) is 16.7 Å². The summed E-state index contributed by atoms with van der Waals surface area (Å²) in [7, 11) is 1.43. The summed E-state index contributed by atoms with van der Waals surface area (Å²) in [5, 5.41) is 10.2. The molecule has 1 aliphatic carbocycles. The normalized spacial score (nSPS) is 27.3. The van der Waals surface area contributed by atoms with Gasteiger partial charge in [0.2, 0.25) is 0 Å². The summed E-state index contributed by atoms with van der Waals surface area (Å²) < 4.78 is 5.07. The van der Waals surface area contributed by atoms with E-state index in [1.807, 2.05) is 36.4 Å². The minimum absolute atomic E-state index is 0.00768. The van der Waals surface area contributed by atoms with Crippen LogP contribution in [-0.4, -0.2) is 42.3 Å². The molecule has 2 bridgehead atoms. The third-order valence-electron chi connectivity index (χ3n) is 5.90. The maximum Gasteiger partial charge on any atom is 0.309 e. The van der Waals surface area contributed by atoms with E-state index < -0.39 is 0 Å². The Kier molecular flexibility index (Phi) is 5.10. The molecule has 0 radical (unpaired) electrons. The fourth-order valence-corrected chi connectivity index (χ4v) is 4.77. The Morgan fingerprint density at radius 2 is 1.78 bits per heavy atom. The number of hydrogen-bond donors (Lipinski definition) is 1. The van der Waals surface area contributed by atoms with Crippen molar-refractivity contribution in [3.63, 3.8) is 0 Å². The minimum atomic E-state index is -0.288. The number of aliphatic hydroxyl groups is 1. The molecule has 5 rings (SSSR count). The highest BCUT2D eigenvalue weighted by molar-refractivity contribution is 5.79. The maximum atomic E-state index is 12.5. The first kappa shape index (κ1) is 18.0. The largest absolute Gasteiger partial charge is 0.469 e. The van der Waals surface area contributed by atoms with E-state index in [0.717, 1.165) is 18.7 Å². The number of nitrogens with zero attached hydrogens (tertiary/aromatic N) is 1. The van der Waals surface area contributed by atoms with Crippen LogP contribution in [0.3, 0.4) is 0 Å². The molecule has 2 aromatic rings. The molecule has 3 aliphatic rings. The second-order valence-electron chi connectivity index (χ2n) is 7.41. The number of hydrogen-bond acceptors (Lipinski definition) is 4. The molecule has 4 atom stereocenters. The summed E-state index contributed by atoms with van der Waals surface area (Å²) in [4.78, 5) is 14.9. The van der Waals surface area contributed by atoms with E-state index in [1.54, 1.807) is 0 Å². The lowest BCUT2D eigenvalue weighted by atomic mass is 9.65. The van der Waals surface area contributed by atoms with Gasteiger partial charge < -0.3 is 9.84 Å². The van der Waals surface area contributed by atoms with E-state index >= 15 is 0 Å². The summed E-state index contributed by atoms with van der Waals surface area (Å²) in [6.07, 6.45) is 2.23. The number of ether oxygens (including phenoxy) is 1. The maximum absolute atomic E-state index is 12.5. The summed E-state index contributed by atoms with van der Waals surface area (Å²) in [5.41, 5.74) is 3.61. The van der Waals surface area contributed by atoms with Gasteiger partial charge in [0.15, 0.2) is 0 Å². The fraction of sp³-hybridized carbons (Fsp3) is 0.348. The van der Waals surface area contributed by atoms with Crippen molar-refractivity contribution in [3.8, 4) is 0 Å². The van der Waals surface area contributed by atoms with Crippen LogP contribution in [0.4, 0.5) is 0 Å². The summed E-state index contributed by atoms with van der Waals surface area (Å²) in [6, 6.07) is 20.6. The summed E-state index contributed by atoms with van der Waals surface area (Å²) in [6.45, 7) is 1.57. The van der Waals surface area contributed by atoms with Gasteiger partial charge in [0.05, 0.1) is 13.0 Å². The van der Waals surface area contributed by atoms with Gasteiger partial charge in [-0.25, -0.2) is 0 Å². The van der Waals surface area contributed by atoms with Crippen LogP contribution in [0.2, 0.25) is 0 Å². The monoisotopic (exact) mass is 363 g/mol. The van der Waals surface area contributed by atoms with E-state index in [1.165, 1.54) is 18.2 Å². The molecule has 2 aromatic carbocycles. The molecular weight excluding hydrogens is 338 g/mol. The number of carbonyl (C=O) groups is 1. The number of esters is 1. The van der Waals surface area contributed by atoms with Crippen molar-refractivity contribution in [2.24, 2.45) is 17.8 Å². The molecule has 2 aliphatic heterocycles. The molecule has 0 amide bonds. The van der Waals surface area contributed by atoms with Gasteiger partial charge in [-0.3, -0.25) is 9.69 Å². The first-order chi connectivity index (χ1) is 13.2. The van der Waals surface area contributed by atoms with Crippen LogP contribution in [0, 0.1) is 17.8 Å². The molecular formula is C23H25NO3. The van der Waals surface area contributed by atoms with Gasteiger partial charge in [-0.15, -0.1) is 0 Å². The molecule has 0 saturated carbocycles. The van der Waals surface area contributed by atoms with Crippen LogP contribution in [-0.2, 0) is 16.1 Å². The number of benzene rings is 2. The van der Waals surface area contributed by atoms with Gasteiger partial charge in [0.1, 0.15) is 0 Å². The molecule has 0 unspecified atom stereocenters. The van der Waals surface area contributed by atoms with Crippen molar-refractivity contribution in [1.29, 1.82) is 0 Å². The predicted octanol–water partition coefficient (Wildman–Crippen LogP) is 2.98. The average Bonchev–Trinajstić information content (AvgIpc) is 2.73. The first-order valence-electron chi connectivity index (χ1n) is 9.46. The van der Waals surface area contributed by atoms with Crippen molar-refractivity contribution in [2.75, 3.05) is 20.3 Å². The molecule has 4 heteroatoms. The van der Waals surface area contributed by atoms with E-state index in [2.05, 4.69) is 35.2 Å². The average molecular weight is 363 g/mol. The quantitative estimate of drug-likeness (QED) is 0.830. The number of methoxy groups -OCH3 is 1. The van der Waals surface area contributed by atoms with Crippen molar-refractivity contribution >= 4 is 11.5 Å². The van der Waals surface area contributed by atoms with Crippen molar-refractivity contribution < 1.29 is 14.6 Å². The SMILES string of the molecule is COC(=O)[C@@H]1[C@@H](CO)[C@@H]2C(c3ccccc3)=C[C@H]1CN2Cc1ccccc1. The Bertz CT molecular complexity index is 818. The number of piperidine rings is 1. The molecule has 1 fully saturated rings. The number of fused-ring (bicyclic) bond motifs is 2.